The molecule has 1 aromatic heterocycles. The summed E-state index contributed by atoms with van der Waals surface area (Å²) in [5.74, 6) is 0.222. The lowest BCUT2D eigenvalue weighted by atomic mass is 10.0. The van der Waals surface area contributed by atoms with Gasteiger partial charge in [0.05, 0.1) is 17.8 Å². The molecule has 0 aliphatic carbocycles. The zero-order chi connectivity index (χ0) is 23.7. The van der Waals surface area contributed by atoms with Gasteiger partial charge in [-0.1, -0.05) is 6.07 Å². The number of halogens is 2. The van der Waals surface area contributed by atoms with Gasteiger partial charge in [0.2, 0.25) is 11.8 Å². The molecule has 3 heterocycles. The Morgan fingerprint density at radius 2 is 1.71 bits per heavy atom. The first-order valence-corrected chi connectivity index (χ1v) is 11.3. The van der Waals surface area contributed by atoms with Gasteiger partial charge in [-0.05, 0) is 43.4 Å². The van der Waals surface area contributed by atoms with Gasteiger partial charge in [-0.15, -0.1) is 0 Å². The predicted molar refractivity (Wildman–Crippen MR) is 123 cm³/mol. The van der Waals surface area contributed by atoms with Crippen LogP contribution in [0.25, 0.3) is 0 Å². The molecule has 0 spiro atoms. The van der Waals surface area contributed by atoms with Crippen LogP contribution in [-0.4, -0.2) is 65.4 Å². The van der Waals surface area contributed by atoms with Crippen molar-refractivity contribution in [2.45, 2.75) is 13.0 Å². The monoisotopic (exact) mass is 465 g/mol. The summed E-state index contributed by atoms with van der Waals surface area (Å²) in [4.78, 5) is 28.6. The second-order valence-electron chi connectivity index (χ2n) is 8.59. The Balaban J connectivity index is 1.47. The molecule has 7 nitrogen and oxygen atoms in total. The summed E-state index contributed by atoms with van der Waals surface area (Å²) in [7, 11) is 2.08. The van der Waals surface area contributed by atoms with Crippen LogP contribution in [0.4, 0.5) is 14.7 Å². The Morgan fingerprint density at radius 3 is 2.44 bits per heavy atom. The molecule has 0 atom stereocenters. The molecule has 0 saturated carbocycles. The van der Waals surface area contributed by atoms with Crippen LogP contribution in [-0.2, 0) is 13.0 Å². The fraction of sp³-hybridized carbons (Fsp3) is 0.320. The lowest BCUT2D eigenvalue weighted by Gasteiger charge is -2.34. The van der Waals surface area contributed by atoms with Crippen molar-refractivity contribution in [1.29, 1.82) is 0 Å². The van der Waals surface area contributed by atoms with Gasteiger partial charge in [-0.3, -0.25) is 4.79 Å². The van der Waals surface area contributed by atoms with Gasteiger partial charge in [-0.2, -0.15) is 4.98 Å². The standard InChI is InChI=1S/C25H25F2N5O2/c1-30-11-13-31(14-12-30)25-28-22-9-10-32(24(33)17-5-7-18(26)8-6-17)16-21(22)23(29-25)34-20-4-2-3-19(27)15-20/h2-8,15H,9-14,16H2,1H3. The number of aromatic nitrogens is 2. The van der Waals surface area contributed by atoms with E-state index in [9.17, 15) is 13.6 Å². The number of amides is 1. The first kappa shape index (κ1) is 22.2. The van der Waals surface area contributed by atoms with Crippen LogP contribution in [0.1, 0.15) is 21.6 Å². The van der Waals surface area contributed by atoms with Gasteiger partial charge >= 0.3 is 0 Å². The van der Waals surface area contributed by atoms with Crippen LogP contribution in [0.2, 0.25) is 0 Å². The van der Waals surface area contributed by atoms with E-state index in [-0.39, 0.29) is 12.5 Å². The van der Waals surface area contributed by atoms with E-state index in [0.717, 1.165) is 31.9 Å². The maximum atomic E-state index is 13.8. The lowest BCUT2D eigenvalue weighted by Crippen LogP contribution is -2.45. The minimum absolute atomic E-state index is 0.203. The highest BCUT2D eigenvalue weighted by molar-refractivity contribution is 5.94. The van der Waals surface area contributed by atoms with Crippen LogP contribution in [0.3, 0.4) is 0 Å². The summed E-state index contributed by atoms with van der Waals surface area (Å²) >= 11 is 0. The number of rotatable bonds is 4. The number of piperazine rings is 1. The third-order valence-electron chi connectivity index (χ3n) is 6.19. The predicted octanol–water partition coefficient (Wildman–Crippen LogP) is 3.50. The Bertz CT molecular complexity index is 1200. The van der Waals surface area contributed by atoms with E-state index in [0.29, 0.717) is 41.7 Å². The third kappa shape index (κ3) is 4.70. The molecule has 1 saturated heterocycles. The van der Waals surface area contributed by atoms with Crippen molar-refractivity contribution in [3.8, 4) is 11.6 Å². The molecule has 0 unspecified atom stereocenters. The van der Waals surface area contributed by atoms with Gasteiger partial charge in [0.25, 0.3) is 5.91 Å². The number of nitrogens with zero attached hydrogens (tertiary/aromatic N) is 5. The molecule has 1 amide bonds. The Hall–Kier alpha value is -3.59. The molecule has 0 bridgehead atoms. The zero-order valence-electron chi connectivity index (χ0n) is 18.9. The largest absolute Gasteiger partial charge is 0.438 e. The molecule has 34 heavy (non-hydrogen) atoms. The van der Waals surface area contributed by atoms with Gasteiger partial charge < -0.3 is 19.4 Å². The number of carbonyl (C=O) groups is 1. The molecule has 3 aromatic rings. The maximum Gasteiger partial charge on any atom is 0.254 e. The van der Waals surface area contributed by atoms with Crippen molar-refractivity contribution < 1.29 is 18.3 Å². The van der Waals surface area contributed by atoms with Crippen molar-refractivity contribution >= 4 is 11.9 Å². The minimum Gasteiger partial charge on any atom is -0.438 e. The molecule has 2 aliphatic heterocycles. The molecular weight excluding hydrogens is 440 g/mol. The summed E-state index contributed by atoms with van der Waals surface area (Å²) in [5, 5.41) is 0. The van der Waals surface area contributed by atoms with E-state index in [2.05, 4.69) is 16.8 Å². The summed E-state index contributed by atoms with van der Waals surface area (Å²) < 4.78 is 33.1. The van der Waals surface area contributed by atoms with E-state index in [1.165, 1.54) is 36.4 Å². The van der Waals surface area contributed by atoms with Crippen LogP contribution in [0.5, 0.6) is 11.6 Å². The summed E-state index contributed by atoms with van der Waals surface area (Å²) in [6.07, 6.45) is 0.533. The fourth-order valence-corrected chi connectivity index (χ4v) is 4.19. The Morgan fingerprint density at radius 1 is 0.941 bits per heavy atom. The molecule has 1 fully saturated rings. The molecule has 2 aromatic carbocycles. The van der Waals surface area contributed by atoms with Gasteiger partial charge in [0.15, 0.2) is 0 Å². The van der Waals surface area contributed by atoms with Gasteiger partial charge in [0, 0.05) is 50.8 Å². The highest BCUT2D eigenvalue weighted by Crippen LogP contribution is 2.32. The fourth-order valence-electron chi connectivity index (χ4n) is 4.19. The minimum atomic E-state index is -0.409. The smallest absolute Gasteiger partial charge is 0.254 e. The Labute approximate surface area is 196 Å². The van der Waals surface area contributed by atoms with E-state index < -0.39 is 11.6 Å². The second kappa shape index (κ2) is 9.34. The van der Waals surface area contributed by atoms with Crippen molar-refractivity contribution in [2.24, 2.45) is 0 Å². The average molecular weight is 466 g/mol. The SMILES string of the molecule is CN1CCN(c2nc3c(c(Oc4cccc(F)c4)n2)CN(C(=O)c2ccc(F)cc2)CC3)CC1. The summed E-state index contributed by atoms with van der Waals surface area (Å²) in [5.41, 5.74) is 1.93. The number of benzene rings is 2. The highest BCUT2D eigenvalue weighted by atomic mass is 19.1. The van der Waals surface area contributed by atoms with Crippen molar-refractivity contribution in [2.75, 3.05) is 44.7 Å². The topological polar surface area (TPSA) is 61.8 Å². The first-order chi connectivity index (χ1) is 16.5. The molecule has 0 radical (unpaired) electrons. The van der Waals surface area contributed by atoms with Crippen molar-refractivity contribution in [3.05, 3.63) is 77.0 Å². The molecule has 5 rings (SSSR count). The van der Waals surface area contributed by atoms with Gasteiger partial charge in [-0.25, -0.2) is 13.8 Å². The van der Waals surface area contributed by atoms with E-state index >= 15 is 0 Å². The third-order valence-corrected chi connectivity index (χ3v) is 6.19. The summed E-state index contributed by atoms with van der Waals surface area (Å²) in [6, 6.07) is 11.4. The zero-order valence-corrected chi connectivity index (χ0v) is 18.9. The maximum absolute atomic E-state index is 13.8. The molecule has 0 N–H and O–H groups in total. The first-order valence-electron chi connectivity index (χ1n) is 11.3. The number of carbonyl (C=O) groups excluding carboxylic acids is 1. The number of hydrogen-bond donors (Lipinski definition) is 0. The Kier molecular flexibility index (Phi) is 6.10. The number of ether oxygens (including phenoxy) is 1. The molecule has 176 valence electrons. The van der Waals surface area contributed by atoms with Crippen LogP contribution < -0.4 is 9.64 Å². The second-order valence-corrected chi connectivity index (χ2v) is 8.59. The van der Waals surface area contributed by atoms with E-state index in [1.54, 1.807) is 17.0 Å². The molecule has 2 aliphatic rings. The highest BCUT2D eigenvalue weighted by Gasteiger charge is 2.29. The average Bonchev–Trinajstić information content (AvgIpc) is 2.84. The number of fused-ring (bicyclic) bond motifs is 1. The molecule has 9 heteroatoms. The lowest BCUT2D eigenvalue weighted by molar-refractivity contribution is 0.0732. The van der Waals surface area contributed by atoms with Crippen LogP contribution in [0.15, 0.2) is 48.5 Å². The normalized spacial score (nSPS) is 16.3. The number of anilines is 1. The quantitative estimate of drug-likeness (QED) is 0.588. The van der Waals surface area contributed by atoms with Crippen molar-refractivity contribution in [3.63, 3.8) is 0 Å². The van der Waals surface area contributed by atoms with Gasteiger partial charge in [0.1, 0.15) is 17.4 Å². The van der Waals surface area contributed by atoms with Crippen LogP contribution in [0, 0.1) is 11.6 Å². The van der Waals surface area contributed by atoms with Crippen LogP contribution >= 0.6 is 0 Å². The molecular formula is C25H25F2N5O2. The van der Waals surface area contributed by atoms with E-state index in [4.69, 9.17) is 14.7 Å². The van der Waals surface area contributed by atoms with E-state index in [1.807, 2.05) is 0 Å². The number of hydrogen-bond acceptors (Lipinski definition) is 6. The number of likely N-dealkylation sites (N-methyl/N-ethyl adjacent to an activating group) is 1. The van der Waals surface area contributed by atoms with Crippen molar-refractivity contribution in [1.82, 2.24) is 19.8 Å². The summed E-state index contributed by atoms with van der Waals surface area (Å²) in [6.45, 7) is 4.12.